The van der Waals surface area contributed by atoms with Gasteiger partial charge >= 0.3 is 0 Å². The Kier molecular flexibility index (Phi) is 3.54. The maximum absolute atomic E-state index is 12.7. The van der Waals surface area contributed by atoms with E-state index in [4.69, 9.17) is 9.15 Å². The van der Waals surface area contributed by atoms with Gasteiger partial charge in [-0.25, -0.2) is 0 Å². The van der Waals surface area contributed by atoms with Crippen molar-refractivity contribution in [1.82, 2.24) is 4.90 Å². The van der Waals surface area contributed by atoms with Crippen LogP contribution in [0.25, 0.3) is 21.7 Å². The Bertz CT molecular complexity index is 867. The summed E-state index contributed by atoms with van der Waals surface area (Å²) in [6.45, 7) is 3.92. The number of hydrogen-bond acceptors (Lipinski definition) is 3. The smallest absolute Gasteiger partial charge is 0.227 e. The van der Waals surface area contributed by atoms with Crippen molar-refractivity contribution < 1.29 is 13.9 Å². The minimum Gasteiger partial charge on any atom is -0.464 e. The lowest BCUT2D eigenvalue weighted by Gasteiger charge is -2.33. The number of benzene rings is 2. The van der Waals surface area contributed by atoms with Crippen molar-refractivity contribution in [1.29, 1.82) is 0 Å². The normalized spacial score (nSPS) is 18.7. The Morgan fingerprint density at radius 2 is 2.13 bits per heavy atom. The first-order chi connectivity index (χ1) is 11.2. The highest BCUT2D eigenvalue weighted by molar-refractivity contribution is 6.08. The Hall–Kier alpha value is -2.33. The first-order valence-corrected chi connectivity index (χ1v) is 7.99. The van der Waals surface area contributed by atoms with Gasteiger partial charge in [0.2, 0.25) is 5.91 Å². The van der Waals surface area contributed by atoms with Crippen LogP contribution in [0.15, 0.2) is 47.1 Å². The summed E-state index contributed by atoms with van der Waals surface area (Å²) in [4.78, 5) is 14.6. The van der Waals surface area contributed by atoms with Gasteiger partial charge in [0.1, 0.15) is 5.58 Å². The van der Waals surface area contributed by atoms with E-state index >= 15 is 0 Å². The van der Waals surface area contributed by atoms with E-state index in [1.54, 1.807) is 6.26 Å². The summed E-state index contributed by atoms with van der Waals surface area (Å²) in [7, 11) is 0. The van der Waals surface area contributed by atoms with Crippen LogP contribution >= 0.6 is 0 Å². The third-order valence-electron chi connectivity index (χ3n) is 4.57. The molecule has 2 heterocycles. The zero-order chi connectivity index (χ0) is 15.8. The Morgan fingerprint density at radius 3 is 3.00 bits per heavy atom. The molecule has 118 valence electrons. The summed E-state index contributed by atoms with van der Waals surface area (Å²) >= 11 is 0. The van der Waals surface area contributed by atoms with Crippen molar-refractivity contribution in [2.24, 2.45) is 0 Å². The number of rotatable bonds is 2. The fraction of sp³-hybridized carbons (Fsp3) is 0.316. The first kappa shape index (κ1) is 14.3. The quantitative estimate of drug-likeness (QED) is 0.729. The zero-order valence-corrected chi connectivity index (χ0v) is 13.1. The number of fused-ring (bicyclic) bond motifs is 3. The lowest BCUT2D eigenvalue weighted by molar-refractivity contribution is -0.138. The third-order valence-corrected chi connectivity index (χ3v) is 4.57. The summed E-state index contributed by atoms with van der Waals surface area (Å²) in [5, 5.41) is 3.35. The molecule has 0 saturated carbocycles. The van der Waals surface area contributed by atoms with Crippen LogP contribution < -0.4 is 0 Å². The molecule has 23 heavy (non-hydrogen) atoms. The molecule has 1 atom stereocenters. The minimum atomic E-state index is 0.131. The van der Waals surface area contributed by atoms with Crippen LogP contribution in [0.2, 0.25) is 0 Å². The van der Waals surface area contributed by atoms with Crippen molar-refractivity contribution in [2.75, 3.05) is 19.8 Å². The van der Waals surface area contributed by atoms with Crippen molar-refractivity contribution >= 4 is 27.6 Å². The maximum Gasteiger partial charge on any atom is 0.227 e. The molecule has 1 saturated heterocycles. The van der Waals surface area contributed by atoms with Gasteiger partial charge < -0.3 is 14.1 Å². The number of amides is 1. The second-order valence-electron chi connectivity index (χ2n) is 6.11. The molecular formula is C19H19NO3. The Labute approximate surface area is 134 Å². The molecule has 2 aromatic carbocycles. The predicted molar refractivity (Wildman–Crippen MR) is 89.4 cm³/mol. The minimum absolute atomic E-state index is 0.131. The van der Waals surface area contributed by atoms with E-state index in [9.17, 15) is 4.79 Å². The van der Waals surface area contributed by atoms with Crippen LogP contribution in [0.3, 0.4) is 0 Å². The van der Waals surface area contributed by atoms with Crippen molar-refractivity contribution in [2.45, 2.75) is 19.4 Å². The van der Waals surface area contributed by atoms with E-state index < -0.39 is 0 Å². The molecule has 0 N–H and O–H groups in total. The van der Waals surface area contributed by atoms with Gasteiger partial charge in [-0.2, -0.15) is 0 Å². The zero-order valence-electron chi connectivity index (χ0n) is 13.1. The molecule has 4 nitrogen and oxygen atoms in total. The lowest BCUT2D eigenvalue weighted by atomic mass is 10.0. The van der Waals surface area contributed by atoms with E-state index in [0.29, 0.717) is 26.2 Å². The second-order valence-corrected chi connectivity index (χ2v) is 6.11. The van der Waals surface area contributed by atoms with Gasteiger partial charge in [-0.1, -0.05) is 30.3 Å². The van der Waals surface area contributed by atoms with Gasteiger partial charge in [0.25, 0.3) is 0 Å². The molecule has 4 rings (SSSR count). The number of ether oxygens (including phenoxy) is 1. The molecule has 0 aliphatic carbocycles. The van der Waals surface area contributed by atoms with Crippen LogP contribution in [-0.4, -0.2) is 36.6 Å². The molecule has 1 unspecified atom stereocenters. The number of hydrogen-bond donors (Lipinski definition) is 0. The van der Waals surface area contributed by atoms with Gasteiger partial charge in [-0.3, -0.25) is 4.79 Å². The molecule has 1 aliphatic heterocycles. The highest BCUT2D eigenvalue weighted by Crippen LogP contribution is 2.30. The molecule has 0 bridgehead atoms. The first-order valence-electron chi connectivity index (χ1n) is 7.99. The van der Waals surface area contributed by atoms with Crippen LogP contribution in [0, 0.1) is 0 Å². The highest BCUT2D eigenvalue weighted by Gasteiger charge is 2.24. The summed E-state index contributed by atoms with van der Waals surface area (Å²) < 4.78 is 11.1. The van der Waals surface area contributed by atoms with Crippen LogP contribution in [-0.2, 0) is 16.0 Å². The summed E-state index contributed by atoms with van der Waals surface area (Å²) in [6.07, 6.45) is 2.09. The SMILES string of the molecule is CC1COCCN1C(=O)Cc1coc2ccc3ccccc3c12. The molecule has 1 fully saturated rings. The van der Waals surface area contributed by atoms with Gasteiger partial charge in [-0.15, -0.1) is 0 Å². The van der Waals surface area contributed by atoms with Crippen LogP contribution in [0.4, 0.5) is 0 Å². The molecule has 4 heteroatoms. The van der Waals surface area contributed by atoms with E-state index in [2.05, 4.69) is 18.2 Å². The lowest BCUT2D eigenvalue weighted by Crippen LogP contribution is -2.47. The molecular weight excluding hydrogens is 290 g/mol. The van der Waals surface area contributed by atoms with E-state index in [1.165, 1.54) is 0 Å². The van der Waals surface area contributed by atoms with E-state index in [0.717, 1.165) is 27.3 Å². The average molecular weight is 309 g/mol. The Morgan fingerprint density at radius 1 is 1.26 bits per heavy atom. The number of furan rings is 1. The molecule has 1 aromatic heterocycles. The van der Waals surface area contributed by atoms with E-state index in [1.807, 2.05) is 30.0 Å². The van der Waals surface area contributed by atoms with Gasteiger partial charge in [0, 0.05) is 17.5 Å². The largest absolute Gasteiger partial charge is 0.464 e. The topological polar surface area (TPSA) is 42.7 Å². The van der Waals surface area contributed by atoms with Gasteiger partial charge in [0.15, 0.2) is 0 Å². The number of carbonyl (C=O) groups excluding carboxylic acids is 1. The van der Waals surface area contributed by atoms with Crippen molar-refractivity contribution in [3.63, 3.8) is 0 Å². The number of morpholine rings is 1. The molecule has 0 radical (unpaired) electrons. The molecule has 3 aromatic rings. The predicted octanol–water partition coefficient (Wildman–Crippen LogP) is 3.38. The monoisotopic (exact) mass is 309 g/mol. The van der Waals surface area contributed by atoms with Gasteiger partial charge in [0.05, 0.1) is 31.9 Å². The summed E-state index contributed by atoms with van der Waals surface area (Å²) in [5.74, 6) is 0.136. The number of carbonyl (C=O) groups is 1. The summed E-state index contributed by atoms with van der Waals surface area (Å²) in [5.41, 5.74) is 1.79. The van der Waals surface area contributed by atoms with Crippen LogP contribution in [0.5, 0.6) is 0 Å². The molecule has 1 aliphatic rings. The highest BCUT2D eigenvalue weighted by atomic mass is 16.5. The Balaban J connectivity index is 1.71. The standard InChI is InChI=1S/C19H19NO3/c1-13-11-22-9-8-20(13)18(21)10-15-12-23-17-7-6-14-4-2-3-5-16(14)19(15)17/h2-7,12-13H,8-11H2,1H3. The average Bonchev–Trinajstić information content (AvgIpc) is 2.98. The fourth-order valence-corrected chi connectivity index (χ4v) is 3.37. The number of nitrogens with zero attached hydrogens (tertiary/aromatic N) is 1. The van der Waals surface area contributed by atoms with Crippen LogP contribution in [0.1, 0.15) is 12.5 Å². The molecule has 1 amide bonds. The molecule has 0 spiro atoms. The second kappa shape index (κ2) is 5.70. The summed E-state index contributed by atoms with van der Waals surface area (Å²) in [6, 6.07) is 12.4. The fourth-order valence-electron chi connectivity index (χ4n) is 3.37. The third kappa shape index (κ3) is 2.49. The maximum atomic E-state index is 12.7. The van der Waals surface area contributed by atoms with Crippen molar-refractivity contribution in [3.8, 4) is 0 Å². The van der Waals surface area contributed by atoms with Gasteiger partial charge in [-0.05, 0) is 23.8 Å². The van der Waals surface area contributed by atoms with E-state index in [-0.39, 0.29) is 11.9 Å². The van der Waals surface area contributed by atoms with Crippen molar-refractivity contribution in [3.05, 3.63) is 48.2 Å².